The number of amides is 1. The molecule has 4 rings (SSSR count). The molecule has 0 saturated heterocycles. The van der Waals surface area contributed by atoms with Crippen LogP contribution in [0.5, 0.6) is 5.75 Å². The molecule has 1 aliphatic rings. The van der Waals surface area contributed by atoms with Gasteiger partial charge >= 0.3 is 0 Å². The topological polar surface area (TPSA) is 106 Å². The lowest BCUT2D eigenvalue weighted by Crippen LogP contribution is -2.31. The van der Waals surface area contributed by atoms with E-state index >= 15 is 0 Å². The molecule has 1 aliphatic heterocycles. The summed E-state index contributed by atoms with van der Waals surface area (Å²) >= 11 is 0. The van der Waals surface area contributed by atoms with E-state index in [0.717, 1.165) is 5.56 Å². The smallest absolute Gasteiger partial charge is 0.248 e. The van der Waals surface area contributed by atoms with Crippen molar-refractivity contribution >= 4 is 11.9 Å². The van der Waals surface area contributed by atoms with Gasteiger partial charge in [0.15, 0.2) is 5.82 Å². The predicted molar refractivity (Wildman–Crippen MR) is 116 cm³/mol. The Kier molecular flexibility index (Phi) is 4.61. The van der Waals surface area contributed by atoms with E-state index in [2.05, 4.69) is 48.3 Å². The molecule has 2 heterocycles. The second kappa shape index (κ2) is 7.02. The molecule has 0 bridgehead atoms. The average Bonchev–Trinajstić information content (AvgIpc) is 3.09. The van der Waals surface area contributed by atoms with Gasteiger partial charge in [-0.3, -0.25) is 4.79 Å². The standard InChI is InChI=1S/C23H25N5O2/c1-13-18(20(24)30)19(15-6-5-7-17(29)12-15)28-22(25-13)26-21(27-28)14-8-10-16(11-9-14)23(2,3)4/h5-12,19,29H,1-4H3,(H2,24,30)(H,25,26,27). The molecule has 7 heteroatoms. The fourth-order valence-electron chi connectivity index (χ4n) is 3.71. The van der Waals surface area contributed by atoms with Gasteiger partial charge in [0.25, 0.3) is 0 Å². The van der Waals surface area contributed by atoms with Crippen LogP contribution >= 0.6 is 0 Å². The quantitative estimate of drug-likeness (QED) is 0.618. The van der Waals surface area contributed by atoms with Gasteiger partial charge in [-0.25, -0.2) is 4.68 Å². The zero-order chi connectivity index (χ0) is 21.6. The average molecular weight is 403 g/mol. The van der Waals surface area contributed by atoms with E-state index in [-0.39, 0.29) is 11.2 Å². The number of phenols is 1. The molecule has 154 valence electrons. The molecule has 0 saturated carbocycles. The summed E-state index contributed by atoms with van der Waals surface area (Å²) in [6, 6.07) is 14.3. The number of rotatable bonds is 3. The molecule has 0 radical (unpaired) electrons. The maximum Gasteiger partial charge on any atom is 0.248 e. The first-order valence-corrected chi connectivity index (χ1v) is 9.79. The van der Waals surface area contributed by atoms with Gasteiger partial charge in [-0.15, -0.1) is 5.10 Å². The summed E-state index contributed by atoms with van der Waals surface area (Å²) < 4.78 is 1.65. The number of primary amides is 1. The van der Waals surface area contributed by atoms with E-state index < -0.39 is 11.9 Å². The Morgan fingerprint density at radius 1 is 1.17 bits per heavy atom. The fraction of sp³-hybridized carbons (Fsp3) is 0.261. The fourth-order valence-corrected chi connectivity index (χ4v) is 3.71. The minimum absolute atomic E-state index is 0.0543. The number of carbonyl (C=O) groups excluding carboxylic acids is 1. The van der Waals surface area contributed by atoms with Crippen LogP contribution in [0.2, 0.25) is 0 Å². The van der Waals surface area contributed by atoms with Crippen molar-refractivity contribution in [1.82, 2.24) is 14.8 Å². The number of carbonyl (C=O) groups is 1. The Hall–Kier alpha value is -3.61. The van der Waals surface area contributed by atoms with Crippen molar-refractivity contribution in [3.05, 3.63) is 70.9 Å². The van der Waals surface area contributed by atoms with Crippen LogP contribution in [0.15, 0.2) is 59.8 Å². The molecule has 2 aromatic carbocycles. The van der Waals surface area contributed by atoms with Crippen LogP contribution in [-0.2, 0) is 10.2 Å². The maximum absolute atomic E-state index is 12.3. The lowest BCUT2D eigenvalue weighted by molar-refractivity contribution is -0.115. The van der Waals surface area contributed by atoms with E-state index in [4.69, 9.17) is 5.73 Å². The predicted octanol–water partition coefficient (Wildman–Crippen LogP) is 3.72. The van der Waals surface area contributed by atoms with Crippen molar-refractivity contribution in [2.24, 2.45) is 5.73 Å². The summed E-state index contributed by atoms with van der Waals surface area (Å²) in [6.07, 6.45) is 0. The van der Waals surface area contributed by atoms with Crippen molar-refractivity contribution in [2.75, 3.05) is 5.32 Å². The van der Waals surface area contributed by atoms with Crippen LogP contribution in [0.1, 0.15) is 44.9 Å². The van der Waals surface area contributed by atoms with E-state index in [0.29, 0.717) is 28.6 Å². The van der Waals surface area contributed by atoms with Gasteiger partial charge < -0.3 is 16.2 Å². The minimum Gasteiger partial charge on any atom is -0.508 e. The second-order valence-electron chi connectivity index (χ2n) is 8.56. The zero-order valence-electron chi connectivity index (χ0n) is 17.5. The second-order valence-corrected chi connectivity index (χ2v) is 8.56. The number of hydrogen-bond donors (Lipinski definition) is 3. The van der Waals surface area contributed by atoms with Crippen LogP contribution in [0, 0.1) is 0 Å². The van der Waals surface area contributed by atoms with Gasteiger partial charge in [0, 0.05) is 11.3 Å². The number of benzene rings is 2. The highest BCUT2D eigenvalue weighted by Gasteiger charge is 2.33. The highest BCUT2D eigenvalue weighted by atomic mass is 16.3. The normalized spacial score (nSPS) is 16.2. The number of anilines is 1. The third kappa shape index (κ3) is 3.43. The first kappa shape index (κ1) is 19.7. The summed E-state index contributed by atoms with van der Waals surface area (Å²) in [5.74, 6) is 0.611. The molecule has 3 aromatic rings. The van der Waals surface area contributed by atoms with Gasteiger partial charge in [0.1, 0.15) is 11.8 Å². The largest absolute Gasteiger partial charge is 0.508 e. The number of phenolic OH excluding ortho intramolecular Hbond substituents is 1. The van der Waals surface area contributed by atoms with Crippen LogP contribution in [0.4, 0.5) is 5.95 Å². The molecule has 0 aliphatic carbocycles. The first-order chi connectivity index (χ1) is 14.1. The third-order valence-corrected chi connectivity index (χ3v) is 5.31. The van der Waals surface area contributed by atoms with E-state index in [1.54, 1.807) is 29.8 Å². The molecule has 7 nitrogen and oxygen atoms in total. The number of nitrogens with one attached hydrogen (secondary N) is 1. The summed E-state index contributed by atoms with van der Waals surface area (Å²) in [7, 11) is 0. The third-order valence-electron chi connectivity index (χ3n) is 5.31. The highest BCUT2D eigenvalue weighted by molar-refractivity contribution is 5.95. The van der Waals surface area contributed by atoms with Gasteiger partial charge in [0.05, 0.1) is 5.57 Å². The molecule has 1 amide bonds. The van der Waals surface area contributed by atoms with E-state index in [9.17, 15) is 9.90 Å². The van der Waals surface area contributed by atoms with Gasteiger partial charge in [0.2, 0.25) is 11.9 Å². The number of fused-ring (bicyclic) bond motifs is 1. The van der Waals surface area contributed by atoms with E-state index in [1.807, 2.05) is 18.2 Å². The Morgan fingerprint density at radius 3 is 2.47 bits per heavy atom. The van der Waals surface area contributed by atoms with Crippen molar-refractivity contribution < 1.29 is 9.90 Å². The first-order valence-electron chi connectivity index (χ1n) is 9.79. The zero-order valence-corrected chi connectivity index (χ0v) is 17.5. The van der Waals surface area contributed by atoms with Gasteiger partial charge in [-0.2, -0.15) is 4.98 Å². The monoisotopic (exact) mass is 403 g/mol. The molecule has 0 spiro atoms. The van der Waals surface area contributed by atoms with Crippen LogP contribution in [0.25, 0.3) is 11.4 Å². The van der Waals surface area contributed by atoms with Crippen LogP contribution in [-0.4, -0.2) is 25.8 Å². The Labute approximate surface area is 175 Å². The summed E-state index contributed by atoms with van der Waals surface area (Å²) in [5.41, 5.74) is 9.54. The number of allylic oxidation sites excluding steroid dienone is 1. The molecule has 0 fully saturated rings. The highest BCUT2D eigenvalue weighted by Crippen LogP contribution is 2.37. The maximum atomic E-state index is 12.3. The number of nitrogens with zero attached hydrogens (tertiary/aromatic N) is 3. The number of aromatic hydroxyl groups is 1. The van der Waals surface area contributed by atoms with Gasteiger partial charge in [-0.05, 0) is 35.6 Å². The van der Waals surface area contributed by atoms with Crippen LogP contribution in [0.3, 0.4) is 0 Å². The van der Waals surface area contributed by atoms with Crippen molar-refractivity contribution in [3.63, 3.8) is 0 Å². The number of aromatic nitrogens is 3. The lowest BCUT2D eigenvalue weighted by atomic mass is 9.87. The molecule has 1 atom stereocenters. The van der Waals surface area contributed by atoms with Crippen LogP contribution < -0.4 is 11.1 Å². The van der Waals surface area contributed by atoms with Crippen molar-refractivity contribution in [2.45, 2.75) is 39.2 Å². The molecular weight excluding hydrogens is 378 g/mol. The summed E-state index contributed by atoms with van der Waals surface area (Å²) in [4.78, 5) is 16.9. The number of hydrogen-bond acceptors (Lipinski definition) is 5. The Morgan fingerprint density at radius 2 is 1.87 bits per heavy atom. The molecular formula is C23H25N5O2. The Bertz CT molecular complexity index is 1150. The Balaban J connectivity index is 1.82. The van der Waals surface area contributed by atoms with Crippen molar-refractivity contribution in [3.8, 4) is 17.1 Å². The summed E-state index contributed by atoms with van der Waals surface area (Å²) in [5, 5.41) is 17.8. The van der Waals surface area contributed by atoms with E-state index in [1.165, 1.54) is 5.56 Å². The minimum atomic E-state index is -0.582. The molecule has 1 aromatic heterocycles. The molecule has 30 heavy (non-hydrogen) atoms. The number of nitrogens with two attached hydrogens (primary N) is 1. The lowest BCUT2D eigenvalue weighted by Gasteiger charge is -2.27. The van der Waals surface area contributed by atoms with Gasteiger partial charge in [-0.1, -0.05) is 57.2 Å². The molecule has 1 unspecified atom stereocenters. The summed E-state index contributed by atoms with van der Waals surface area (Å²) in [6.45, 7) is 8.28. The molecule has 4 N–H and O–H groups in total. The SMILES string of the molecule is CC1=C(C(N)=O)C(c2cccc(O)c2)n2nc(-c3ccc(C(C)(C)C)cc3)nc2N1. The van der Waals surface area contributed by atoms with Crippen molar-refractivity contribution in [1.29, 1.82) is 0 Å².